The van der Waals surface area contributed by atoms with Gasteiger partial charge in [-0.25, -0.2) is 0 Å². The van der Waals surface area contributed by atoms with E-state index >= 15 is 0 Å². The normalized spacial score (nSPS) is 33.8. The predicted octanol–water partition coefficient (Wildman–Crippen LogP) is 2.15. The number of fused-ring (bicyclic) bond motifs is 1. The lowest BCUT2D eigenvalue weighted by Crippen LogP contribution is -2.57. The number of thioether (sulfide) groups is 1. The molecule has 3 heterocycles. The molecule has 1 N–H and O–H groups in total. The van der Waals surface area contributed by atoms with E-state index in [1.807, 2.05) is 4.90 Å². The molecule has 0 aromatic heterocycles. The highest BCUT2D eigenvalue weighted by atomic mass is 32.2. The summed E-state index contributed by atoms with van der Waals surface area (Å²) in [6, 6.07) is -0.519. The van der Waals surface area contributed by atoms with Crippen LogP contribution in [0.1, 0.15) is 44.9 Å². The Kier molecular flexibility index (Phi) is 7.00. The number of β-amino-alcohol motifs (C(OH)–C–C–N with tert-alkyl or cyclic N) is 1. The molecule has 2 bridgehead atoms. The largest absolute Gasteiger partial charge is 0.461 e. The van der Waals surface area contributed by atoms with Gasteiger partial charge in [0.2, 0.25) is 11.8 Å². The molecule has 1 aliphatic carbocycles. The summed E-state index contributed by atoms with van der Waals surface area (Å²) in [4.78, 5) is 44.1. The summed E-state index contributed by atoms with van der Waals surface area (Å²) >= 11 is 1.63. The Labute approximate surface area is 194 Å². The van der Waals surface area contributed by atoms with Crippen molar-refractivity contribution in [2.24, 2.45) is 11.8 Å². The molecule has 1 saturated carbocycles. The predicted molar refractivity (Wildman–Crippen MR) is 123 cm³/mol. The molecule has 0 aromatic rings. The Morgan fingerprint density at radius 2 is 1.97 bits per heavy atom. The molecule has 176 valence electrons. The number of hydrogen-bond donors (Lipinski definition) is 1. The zero-order chi connectivity index (χ0) is 22.9. The standard InChI is InChI=1S/C24H34N2O5S/c1-3-12-25(16-8-6-5-7-9-16)22(29)20-24-11-10-17(32-24)18(23(30)31-15-4-2)19(24)21(28)26(20)13-14-27/h3-4,16-20,27H,1-2,5-15H2/t17-,18+,19-,20?,24?/m0/s1. The van der Waals surface area contributed by atoms with Crippen LogP contribution in [0.15, 0.2) is 25.3 Å². The molecule has 2 unspecified atom stereocenters. The summed E-state index contributed by atoms with van der Waals surface area (Å²) < 4.78 is 4.72. The average molecular weight is 463 g/mol. The van der Waals surface area contributed by atoms with Crippen LogP contribution < -0.4 is 0 Å². The lowest BCUT2D eigenvalue weighted by Gasteiger charge is -2.41. The van der Waals surface area contributed by atoms with E-state index in [0.29, 0.717) is 6.54 Å². The van der Waals surface area contributed by atoms with E-state index in [4.69, 9.17) is 4.74 Å². The first-order valence-electron chi connectivity index (χ1n) is 11.8. The first-order valence-corrected chi connectivity index (χ1v) is 12.7. The topological polar surface area (TPSA) is 87.2 Å². The highest BCUT2D eigenvalue weighted by Gasteiger charge is 2.74. The van der Waals surface area contributed by atoms with Gasteiger partial charge >= 0.3 is 5.97 Å². The maximum Gasteiger partial charge on any atom is 0.311 e. The Morgan fingerprint density at radius 3 is 2.62 bits per heavy atom. The van der Waals surface area contributed by atoms with Crippen molar-refractivity contribution < 1.29 is 24.2 Å². The van der Waals surface area contributed by atoms with Crippen molar-refractivity contribution in [3.63, 3.8) is 0 Å². The summed E-state index contributed by atoms with van der Waals surface area (Å²) in [6.45, 7) is 7.89. The van der Waals surface area contributed by atoms with Gasteiger partial charge in [-0.15, -0.1) is 18.3 Å². The molecule has 3 aliphatic heterocycles. The van der Waals surface area contributed by atoms with E-state index < -0.39 is 22.6 Å². The molecule has 0 radical (unpaired) electrons. The van der Waals surface area contributed by atoms with E-state index in [9.17, 15) is 19.5 Å². The van der Waals surface area contributed by atoms with Gasteiger partial charge in [0.15, 0.2) is 0 Å². The van der Waals surface area contributed by atoms with Gasteiger partial charge in [0, 0.05) is 24.4 Å². The minimum atomic E-state index is -0.666. The molecular formula is C24H34N2O5S. The zero-order valence-corrected chi connectivity index (χ0v) is 19.4. The molecule has 4 aliphatic rings. The van der Waals surface area contributed by atoms with Crippen LogP contribution in [0.4, 0.5) is 0 Å². The molecule has 0 aromatic carbocycles. The number of rotatable bonds is 9. The fraction of sp³-hybridized carbons (Fsp3) is 0.708. The first kappa shape index (κ1) is 23.4. The van der Waals surface area contributed by atoms with Crippen LogP contribution in [0, 0.1) is 11.8 Å². The third kappa shape index (κ3) is 3.69. The van der Waals surface area contributed by atoms with Crippen LogP contribution in [0.3, 0.4) is 0 Å². The maximum absolute atomic E-state index is 14.1. The SMILES string of the molecule is C=CCOC(=O)[C@@H]1[C@@H]2CCC3(S2)C(C(=O)N(CC=C)C2CCCCC2)N(CCO)C(=O)[C@H]13. The quantitative estimate of drug-likeness (QED) is 0.417. The number of hydrogen-bond acceptors (Lipinski definition) is 6. The van der Waals surface area contributed by atoms with Crippen molar-refractivity contribution in [1.29, 1.82) is 0 Å². The third-order valence-electron chi connectivity index (χ3n) is 7.61. The number of esters is 1. The van der Waals surface area contributed by atoms with Gasteiger partial charge in [-0.3, -0.25) is 14.4 Å². The number of nitrogens with zero attached hydrogens (tertiary/aromatic N) is 2. The van der Waals surface area contributed by atoms with Gasteiger partial charge in [-0.05, 0) is 25.7 Å². The van der Waals surface area contributed by atoms with Crippen LogP contribution in [0.5, 0.6) is 0 Å². The molecule has 4 fully saturated rings. The van der Waals surface area contributed by atoms with E-state index in [0.717, 1.165) is 38.5 Å². The number of likely N-dealkylation sites (tertiary alicyclic amines) is 1. The van der Waals surface area contributed by atoms with Gasteiger partial charge in [0.1, 0.15) is 12.6 Å². The van der Waals surface area contributed by atoms with Crippen LogP contribution >= 0.6 is 11.8 Å². The number of ether oxygens (including phenoxy) is 1. The van der Waals surface area contributed by atoms with Crippen molar-refractivity contribution in [3.8, 4) is 0 Å². The Bertz CT molecular complexity index is 782. The Balaban J connectivity index is 1.68. The highest BCUT2D eigenvalue weighted by Crippen LogP contribution is 2.66. The summed E-state index contributed by atoms with van der Waals surface area (Å²) in [7, 11) is 0. The van der Waals surface area contributed by atoms with E-state index in [2.05, 4.69) is 13.2 Å². The second kappa shape index (κ2) is 9.59. The van der Waals surface area contributed by atoms with Gasteiger partial charge in [-0.1, -0.05) is 38.0 Å². The number of aliphatic hydroxyl groups excluding tert-OH is 1. The van der Waals surface area contributed by atoms with Crippen molar-refractivity contribution in [2.75, 3.05) is 26.3 Å². The lowest BCUT2D eigenvalue weighted by molar-refractivity contribution is -0.153. The third-order valence-corrected chi connectivity index (χ3v) is 9.57. The molecule has 8 heteroatoms. The number of carbonyl (C=O) groups excluding carboxylic acids is 3. The van der Waals surface area contributed by atoms with Crippen molar-refractivity contribution in [3.05, 3.63) is 25.3 Å². The van der Waals surface area contributed by atoms with Crippen LogP contribution in [0.25, 0.3) is 0 Å². The smallest absolute Gasteiger partial charge is 0.311 e. The molecule has 1 spiro atoms. The van der Waals surface area contributed by atoms with Gasteiger partial charge in [-0.2, -0.15) is 0 Å². The lowest BCUT2D eigenvalue weighted by atomic mass is 9.71. The Morgan fingerprint density at radius 1 is 1.22 bits per heavy atom. The second-order valence-corrected chi connectivity index (χ2v) is 10.9. The molecule has 4 rings (SSSR count). The van der Waals surface area contributed by atoms with E-state index in [1.165, 1.54) is 12.5 Å². The van der Waals surface area contributed by atoms with E-state index in [1.54, 1.807) is 22.7 Å². The Hall–Kier alpha value is -1.80. The monoisotopic (exact) mass is 462 g/mol. The van der Waals surface area contributed by atoms with Crippen molar-refractivity contribution in [1.82, 2.24) is 9.80 Å². The fourth-order valence-corrected chi connectivity index (χ4v) is 8.59. The van der Waals surface area contributed by atoms with Crippen molar-refractivity contribution in [2.45, 2.75) is 67.0 Å². The summed E-state index contributed by atoms with van der Waals surface area (Å²) in [6.07, 6.45) is 10.1. The molecule has 2 amide bonds. The van der Waals surface area contributed by atoms with Gasteiger partial charge in [0.05, 0.1) is 23.2 Å². The summed E-state index contributed by atoms with van der Waals surface area (Å²) in [5.41, 5.74) is 0. The molecule has 3 saturated heterocycles. The van der Waals surface area contributed by atoms with Crippen LogP contribution in [-0.4, -0.2) is 81.1 Å². The van der Waals surface area contributed by atoms with Crippen molar-refractivity contribution >= 4 is 29.5 Å². The molecule has 7 nitrogen and oxygen atoms in total. The maximum atomic E-state index is 14.1. The zero-order valence-electron chi connectivity index (χ0n) is 18.6. The van der Waals surface area contributed by atoms with Crippen LogP contribution in [-0.2, 0) is 19.1 Å². The molecule has 32 heavy (non-hydrogen) atoms. The number of amides is 2. The number of carbonyl (C=O) groups is 3. The molecule has 5 atom stereocenters. The minimum Gasteiger partial charge on any atom is -0.461 e. The highest BCUT2D eigenvalue weighted by molar-refractivity contribution is 8.02. The van der Waals surface area contributed by atoms with Gasteiger partial charge < -0.3 is 19.6 Å². The van der Waals surface area contributed by atoms with E-state index in [-0.39, 0.29) is 48.8 Å². The van der Waals surface area contributed by atoms with Crippen LogP contribution in [0.2, 0.25) is 0 Å². The first-order chi connectivity index (χ1) is 15.5. The number of aliphatic hydroxyl groups is 1. The average Bonchev–Trinajstić information content (AvgIpc) is 3.44. The summed E-state index contributed by atoms with van der Waals surface area (Å²) in [5, 5.41) is 9.69. The fourth-order valence-electron chi connectivity index (χ4n) is 6.39. The van der Waals surface area contributed by atoms with Gasteiger partial charge in [0.25, 0.3) is 0 Å². The summed E-state index contributed by atoms with van der Waals surface area (Å²) in [5.74, 6) is -1.78. The second-order valence-electron chi connectivity index (χ2n) is 9.30. The molecular weight excluding hydrogens is 428 g/mol. The minimum absolute atomic E-state index is 0.0182.